The summed E-state index contributed by atoms with van der Waals surface area (Å²) in [7, 11) is 1.72. The normalized spacial score (nSPS) is 10.9. The molecular weight excluding hydrogens is 477 g/mol. The summed E-state index contributed by atoms with van der Waals surface area (Å²) in [6, 6.07) is 16.5. The fourth-order valence-corrected chi connectivity index (χ4v) is 3.23. The molecule has 9 heteroatoms. The quantitative estimate of drug-likeness (QED) is 0.469. The maximum absolute atomic E-state index is 10.6. The molecule has 0 amide bonds. The van der Waals surface area contributed by atoms with Crippen molar-refractivity contribution in [1.82, 2.24) is 9.55 Å². The number of hydrogen-bond donors (Lipinski definition) is 1. The lowest BCUT2D eigenvalue weighted by atomic mass is 10.1. The van der Waals surface area contributed by atoms with E-state index in [1.807, 2.05) is 18.5 Å². The van der Waals surface area contributed by atoms with E-state index in [0.29, 0.717) is 0 Å². The highest BCUT2D eigenvalue weighted by Gasteiger charge is 2.38. The molecule has 2 aromatic carbocycles. The van der Waals surface area contributed by atoms with E-state index in [0.717, 1.165) is 40.9 Å². The maximum atomic E-state index is 10.6. The first-order valence-electron chi connectivity index (χ1n) is 9.39. The van der Waals surface area contributed by atoms with Crippen LogP contribution in [0, 0.1) is 0 Å². The second kappa shape index (κ2) is 11.0. The first kappa shape index (κ1) is 24.5. The van der Waals surface area contributed by atoms with Gasteiger partial charge >= 0.3 is 12.1 Å². The van der Waals surface area contributed by atoms with E-state index in [1.54, 1.807) is 7.11 Å². The number of aryl methyl sites for hydroxylation is 2. The molecule has 0 radical (unpaired) electrons. The lowest BCUT2D eigenvalue weighted by Crippen LogP contribution is -2.21. The zero-order chi connectivity index (χ0) is 23.0. The highest BCUT2D eigenvalue weighted by molar-refractivity contribution is 9.10. The lowest BCUT2D eigenvalue weighted by molar-refractivity contribution is -0.192. The summed E-state index contributed by atoms with van der Waals surface area (Å²) in [5.41, 5.74) is 4.73. The molecule has 166 valence electrons. The largest absolute Gasteiger partial charge is 0.496 e. The number of imidazole rings is 1. The van der Waals surface area contributed by atoms with Crippen LogP contribution in [0.1, 0.15) is 18.2 Å². The minimum absolute atomic E-state index is 0.896. The maximum Gasteiger partial charge on any atom is 0.490 e. The summed E-state index contributed by atoms with van der Waals surface area (Å²) in [5.74, 6) is -1.81. The molecule has 5 nitrogen and oxygen atoms in total. The monoisotopic (exact) mass is 498 g/mol. The summed E-state index contributed by atoms with van der Waals surface area (Å²) in [6.07, 6.45) is -1.25. The number of nitrogens with zero attached hydrogens (tertiary/aromatic N) is 2. The van der Waals surface area contributed by atoms with Crippen LogP contribution in [-0.2, 0) is 24.2 Å². The number of ether oxygens (including phenoxy) is 1. The van der Waals surface area contributed by atoms with Gasteiger partial charge in [-0.3, -0.25) is 0 Å². The van der Waals surface area contributed by atoms with Gasteiger partial charge in [0.15, 0.2) is 0 Å². The number of carbonyl (C=O) groups is 1. The molecule has 0 bridgehead atoms. The Labute approximate surface area is 186 Å². The first-order valence-corrected chi connectivity index (χ1v) is 10.2. The van der Waals surface area contributed by atoms with Crippen LogP contribution in [0.25, 0.3) is 11.3 Å². The Bertz CT molecular complexity index is 1000. The molecule has 0 aliphatic heterocycles. The van der Waals surface area contributed by atoms with Crippen LogP contribution in [-0.4, -0.2) is 33.9 Å². The number of aliphatic carboxylic acids is 1. The molecule has 3 aromatic rings. The highest BCUT2D eigenvalue weighted by atomic mass is 79.9. The predicted octanol–water partition coefficient (Wildman–Crippen LogP) is 5.76. The Morgan fingerprint density at radius 1 is 1.16 bits per heavy atom. The highest BCUT2D eigenvalue weighted by Crippen LogP contribution is 2.25. The van der Waals surface area contributed by atoms with Crippen LogP contribution < -0.4 is 4.74 Å². The standard InChI is InChI=1S/C20H21BrN2O.C2HF3O2/c1-3-18-20(16-8-10-17(21)11-9-16)22-14-23(18)13-12-15-6-4-5-7-19(15)24-2;3-2(4,5)1(6)7/h4-11,14H,3,12-13H2,1-2H3;(H,6,7). The second-order valence-electron chi connectivity index (χ2n) is 6.46. The summed E-state index contributed by atoms with van der Waals surface area (Å²) in [6.45, 7) is 3.08. The zero-order valence-electron chi connectivity index (χ0n) is 17.0. The van der Waals surface area contributed by atoms with E-state index < -0.39 is 12.1 Å². The van der Waals surface area contributed by atoms with E-state index >= 15 is 0 Å². The van der Waals surface area contributed by atoms with Gasteiger partial charge in [-0.1, -0.05) is 53.2 Å². The van der Waals surface area contributed by atoms with Crippen molar-refractivity contribution in [2.75, 3.05) is 7.11 Å². The lowest BCUT2D eigenvalue weighted by Gasteiger charge is -2.11. The number of rotatable bonds is 6. The van der Waals surface area contributed by atoms with Gasteiger partial charge in [0.1, 0.15) is 5.75 Å². The summed E-state index contributed by atoms with van der Waals surface area (Å²) >= 11 is 3.49. The third kappa shape index (κ3) is 6.85. The first-order chi connectivity index (χ1) is 14.7. The number of hydrogen-bond acceptors (Lipinski definition) is 3. The van der Waals surface area contributed by atoms with Crippen molar-refractivity contribution in [1.29, 1.82) is 0 Å². The van der Waals surface area contributed by atoms with Crippen molar-refractivity contribution in [3.63, 3.8) is 0 Å². The number of aromatic nitrogens is 2. The SMILES string of the molecule is CCc1c(-c2ccc(Br)cc2)ncn1CCc1ccccc1OC.O=C(O)C(F)(F)F. The van der Waals surface area contributed by atoms with Crippen LogP contribution >= 0.6 is 15.9 Å². The van der Waals surface area contributed by atoms with Gasteiger partial charge in [-0.15, -0.1) is 0 Å². The van der Waals surface area contributed by atoms with Gasteiger partial charge in [-0.2, -0.15) is 13.2 Å². The van der Waals surface area contributed by atoms with Crippen LogP contribution in [0.15, 0.2) is 59.3 Å². The van der Waals surface area contributed by atoms with Gasteiger partial charge in [0.25, 0.3) is 0 Å². The molecule has 0 fully saturated rings. The van der Waals surface area contributed by atoms with Crippen molar-refractivity contribution in [2.24, 2.45) is 0 Å². The molecule has 1 aromatic heterocycles. The van der Waals surface area contributed by atoms with Gasteiger partial charge in [0.05, 0.1) is 19.1 Å². The molecule has 1 N–H and O–H groups in total. The Hall–Kier alpha value is -2.81. The van der Waals surface area contributed by atoms with E-state index in [2.05, 4.69) is 68.8 Å². The number of methoxy groups -OCH3 is 1. The summed E-state index contributed by atoms with van der Waals surface area (Å²) in [4.78, 5) is 13.6. The molecule has 0 unspecified atom stereocenters. The number of alkyl halides is 3. The molecular formula is C22H22BrF3N2O3. The molecule has 0 aliphatic rings. The van der Waals surface area contributed by atoms with Crippen molar-refractivity contribution in [2.45, 2.75) is 32.5 Å². The van der Waals surface area contributed by atoms with Crippen molar-refractivity contribution >= 4 is 21.9 Å². The van der Waals surface area contributed by atoms with Gasteiger partial charge in [0, 0.05) is 22.3 Å². The average molecular weight is 499 g/mol. The zero-order valence-corrected chi connectivity index (χ0v) is 18.6. The van der Waals surface area contributed by atoms with Gasteiger partial charge in [-0.25, -0.2) is 9.78 Å². The van der Waals surface area contributed by atoms with Crippen molar-refractivity contribution in [3.05, 3.63) is 70.6 Å². The fourth-order valence-electron chi connectivity index (χ4n) is 2.97. The van der Waals surface area contributed by atoms with Crippen LogP contribution in [0.3, 0.4) is 0 Å². The number of benzene rings is 2. The van der Waals surface area contributed by atoms with Crippen LogP contribution in [0.5, 0.6) is 5.75 Å². The Morgan fingerprint density at radius 2 is 1.77 bits per heavy atom. The number of carboxylic acid groups (broad SMARTS) is 1. The second-order valence-corrected chi connectivity index (χ2v) is 7.37. The summed E-state index contributed by atoms with van der Waals surface area (Å²) in [5, 5.41) is 7.12. The molecule has 31 heavy (non-hydrogen) atoms. The number of para-hydroxylation sites is 1. The molecule has 1 heterocycles. The van der Waals surface area contributed by atoms with E-state index in [4.69, 9.17) is 14.6 Å². The van der Waals surface area contributed by atoms with E-state index in [9.17, 15) is 13.2 Å². The van der Waals surface area contributed by atoms with E-state index in [1.165, 1.54) is 11.3 Å². The topological polar surface area (TPSA) is 64.4 Å². The van der Waals surface area contributed by atoms with Crippen LogP contribution in [0.2, 0.25) is 0 Å². The molecule has 0 atom stereocenters. The third-order valence-corrected chi connectivity index (χ3v) is 4.98. The number of halogens is 4. The van der Waals surface area contributed by atoms with Gasteiger partial charge in [-0.05, 0) is 36.6 Å². The summed E-state index contributed by atoms with van der Waals surface area (Å²) < 4.78 is 40.5. The molecule has 0 saturated carbocycles. The molecule has 3 rings (SSSR count). The number of carboxylic acids is 1. The minimum atomic E-state index is -5.08. The molecule has 0 saturated heterocycles. The molecule has 0 aliphatic carbocycles. The van der Waals surface area contributed by atoms with Crippen molar-refractivity contribution in [3.8, 4) is 17.0 Å². The Morgan fingerprint density at radius 3 is 2.32 bits per heavy atom. The van der Waals surface area contributed by atoms with Crippen molar-refractivity contribution < 1.29 is 27.8 Å². The van der Waals surface area contributed by atoms with Gasteiger partial charge in [0.2, 0.25) is 0 Å². The fraction of sp³-hybridized carbons (Fsp3) is 0.273. The molecule has 0 spiro atoms. The average Bonchev–Trinajstić information content (AvgIpc) is 3.15. The Kier molecular flexibility index (Phi) is 8.67. The van der Waals surface area contributed by atoms with Crippen LogP contribution in [0.4, 0.5) is 13.2 Å². The smallest absolute Gasteiger partial charge is 0.490 e. The van der Waals surface area contributed by atoms with Gasteiger partial charge < -0.3 is 14.4 Å². The predicted molar refractivity (Wildman–Crippen MR) is 115 cm³/mol. The minimum Gasteiger partial charge on any atom is -0.496 e. The third-order valence-electron chi connectivity index (χ3n) is 4.46. The Balaban J connectivity index is 0.000000423. The van der Waals surface area contributed by atoms with E-state index in [-0.39, 0.29) is 0 Å².